The lowest BCUT2D eigenvalue weighted by Gasteiger charge is -2.40. The quantitative estimate of drug-likeness (QED) is 0.301. The number of nitrogens with one attached hydrogen (secondary N) is 1. The Balaban J connectivity index is 0.00000169. The summed E-state index contributed by atoms with van der Waals surface area (Å²) in [5.41, 5.74) is 5.25. The Hall–Kier alpha value is 0.600. The van der Waals surface area contributed by atoms with Crippen LogP contribution in [0.1, 0.15) is 0 Å². The number of primary amides is 1. The molecule has 1 fully saturated rings. The first-order valence-electron chi connectivity index (χ1n) is 4.59. The molecular weight excluding hydrogens is 361 g/mol. The fourth-order valence-electron chi connectivity index (χ4n) is 1.84. The molecule has 3 N–H and O–H groups in total. The number of hydrogen-bond donors (Lipinski definition) is 2. The maximum atomic E-state index is 10.9. The van der Waals surface area contributed by atoms with Gasteiger partial charge < -0.3 is 39.5 Å². The number of quaternary nitrogens is 1. The van der Waals surface area contributed by atoms with Crippen molar-refractivity contribution in [2.24, 2.45) is 5.73 Å². The van der Waals surface area contributed by atoms with Crippen molar-refractivity contribution in [2.45, 2.75) is 0 Å². The van der Waals surface area contributed by atoms with Crippen molar-refractivity contribution in [3.05, 3.63) is 0 Å². The number of alkyl halides is 1. The summed E-state index contributed by atoms with van der Waals surface area (Å²) in [5.74, 6) is -0.192. The van der Waals surface area contributed by atoms with Gasteiger partial charge in [-0.25, -0.2) is 0 Å². The predicted octanol–water partition coefficient (Wildman–Crippen LogP) is -3.71. The zero-order valence-electron chi connectivity index (χ0n) is 8.14. The highest BCUT2D eigenvalue weighted by Gasteiger charge is 2.30. The van der Waals surface area contributed by atoms with Crippen LogP contribution in [-0.2, 0) is 4.79 Å². The van der Waals surface area contributed by atoms with Crippen LogP contribution in [0, 0.1) is 0 Å². The maximum Gasteiger partial charge on any atom is 0.272 e. The van der Waals surface area contributed by atoms with Crippen molar-refractivity contribution in [1.29, 1.82) is 0 Å². The number of amides is 1. The van der Waals surface area contributed by atoms with E-state index >= 15 is 0 Å². The molecule has 1 rings (SSSR count). The number of carbonyl (C=O) groups is 1. The van der Waals surface area contributed by atoms with Crippen LogP contribution in [0.3, 0.4) is 0 Å². The lowest BCUT2D eigenvalue weighted by atomic mass is 10.2. The van der Waals surface area contributed by atoms with E-state index in [4.69, 9.17) is 5.73 Å². The summed E-state index contributed by atoms with van der Waals surface area (Å²) < 4.78 is 0.841. The maximum absolute atomic E-state index is 10.9. The van der Waals surface area contributed by atoms with Gasteiger partial charge in [0.25, 0.3) is 5.91 Å². The molecule has 6 heteroatoms. The first kappa shape index (κ1) is 14.6. The van der Waals surface area contributed by atoms with Gasteiger partial charge in [0.15, 0.2) is 6.54 Å². The molecule has 1 amide bonds. The molecule has 0 saturated carbocycles. The summed E-state index contributed by atoms with van der Waals surface area (Å²) in [6.45, 7) is 5.46. The van der Waals surface area contributed by atoms with E-state index < -0.39 is 0 Å². The van der Waals surface area contributed by atoms with Gasteiger partial charge in [0, 0.05) is 13.1 Å². The Morgan fingerprint density at radius 3 is 2.43 bits per heavy atom. The van der Waals surface area contributed by atoms with Gasteiger partial charge in [-0.2, -0.15) is 0 Å². The molecule has 0 aromatic heterocycles. The number of hydrogen-bond acceptors (Lipinski definition) is 2. The highest BCUT2D eigenvalue weighted by atomic mass is 127. The summed E-state index contributed by atoms with van der Waals surface area (Å²) in [5, 5.41) is 4.22. The minimum absolute atomic E-state index is 0. The van der Waals surface area contributed by atoms with Crippen molar-refractivity contribution >= 4 is 21.8 Å². The molecule has 0 atom stereocenters. The number of halogens is 2. The van der Waals surface area contributed by atoms with Crippen molar-refractivity contribution in [2.75, 3.05) is 44.6 Å². The standard InChI is InChI=1S/C8H16BrN3O.HI/c9-1-4-12(7-8(10)13)5-2-11-3-6-12;/h11H,1-7H2,(H-,10,13);1H. The van der Waals surface area contributed by atoms with E-state index in [0.29, 0.717) is 6.54 Å². The van der Waals surface area contributed by atoms with Crippen LogP contribution in [0.15, 0.2) is 0 Å². The monoisotopic (exact) mass is 377 g/mol. The third-order valence-corrected chi connectivity index (χ3v) is 2.93. The van der Waals surface area contributed by atoms with E-state index in [9.17, 15) is 4.79 Å². The van der Waals surface area contributed by atoms with Gasteiger partial charge in [-0.1, -0.05) is 15.9 Å². The molecule has 0 unspecified atom stereocenters. The second-order valence-electron chi connectivity index (χ2n) is 3.58. The summed E-state index contributed by atoms with van der Waals surface area (Å²) >= 11 is 3.42. The van der Waals surface area contributed by atoms with Gasteiger partial charge in [-0.15, -0.1) is 0 Å². The highest BCUT2D eigenvalue weighted by Crippen LogP contribution is 2.09. The Bertz CT molecular complexity index is 180. The fraction of sp³-hybridized carbons (Fsp3) is 0.875. The third-order valence-electron chi connectivity index (χ3n) is 2.58. The van der Waals surface area contributed by atoms with Gasteiger partial charge in [-0.05, 0) is 0 Å². The van der Waals surface area contributed by atoms with Gasteiger partial charge in [0.1, 0.15) is 0 Å². The number of piperazine rings is 1. The lowest BCUT2D eigenvalue weighted by Crippen LogP contribution is -3.00. The number of nitrogens with two attached hydrogens (primary N) is 1. The molecule has 0 spiro atoms. The van der Waals surface area contributed by atoms with E-state index in [1.165, 1.54) is 0 Å². The van der Waals surface area contributed by atoms with Gasteiger partial charge in [0.05, 0.1) is 25.0 Å². The first-order chi connectivity index (χ1) is 6.18. The molecule has 1 aliphatic heterocycles. The molecule has 0 aromatic rings. The Kier molecular flexibility index (Phi) is 7.27. The predicted molar refractivity (Wildman–Crippen MR) is 55.6 cm³/mol. The second-order valence-corrected chi connectivity index (χ2v) is 4.37. The van der Waals surface area contributed by atoms with Crippen LogP contribution in [0.2, 0.25) is 0 Å². The van der Waals surface area contributed by atoms with Crippen LogP contribution in [0.25, 0.3) is 0 Å². The third kappa shape index (κ3) is 4.41. The normalized spacial score (nSPS) is 19.8. The zero-order chi connectivity index (χ0) is 9.73. The van der Waals surface area contributed by atoms with E-state index in [1.54, 1.807) is 0 Å². The Morgan fingerprint density at radius 2 is 2.00 bits per heavy atom. The summed E-state index contributed by atoms with van der Waals surface area (Å²) in [6, 6.07) is 0. The van der Waals surface area contributed by atoms with Crippen LogP contribution >= 0.6 is 15.9 Å². The molecular formula is C8H17BrIN3O. The summed E-state index contributed by atoms with van der Waals surface area (Å²) in [6.07, 6.45) is 0. The molecule has 14 heavy (non-hydrogen) atoms. The highest BCUT2D eigenvalue weighted by molar-refractivity contribution is 9.09. The zero-order valence-corrected chi connectivity index (χ0v) is 11.9. The Morgan fingerprint density at radius 1 is 1.43 bits per heavy atom. The number of nitrogens with zero attached hydrogens (tertiary/aromatic N) is 1. The van der Waals surface area contributed by atoms with Crippen molar-refractivity contribution in [3.63, 3.8) is 0 Å². The average molecular weight is 378 g/mol. The summed E-state index contributed by atoms with van der Waals surface area (Å²) in [4.78, 5) is 10.9. The smallest absolute Gasteiger partial charge is 0.272 e. The molecule has 0 aromatic carbocycles. The first-order valence-corrected chi connectivity index (χ1v) is 5.71. The minimum Gasteiger partial charge on any atom is -1.00 e. The van der Waals surface area contributed by atoms with E-state index in [0.717, 1.165) is 42.5 Å². The van der Waals surface area contributed by atoms with E-state index in [-0.39, 0.29) is 29.9 Å². The second kappa shape index (κ2) is 6.97. The Labute approximate surface area is 110 Å². The molecule has 1 heterocycles. The van der Waals surface area contributed by atoms with Crippen LogP contribution in [-0.4, -0.2) is 55.0 Å². The van der Waals surface area contributed by atoms with Gasteiger partial charge >= 0.3 is 0 Å². The van der Waals surface area contributed by atoms with E-state index in [2.05, 4.69) is 21.2 Å². The van der Waals surface area contributed by atoms with Crippen LogP contribution in [0.4, 0.5) is 0 Å². The van der Waals surface area contributed by atoms with Crippen molar-refractivity contribution < 1.29 is 33.3 Å². The lowest BCUT2D eigenvalue weighted by molar-refractivity contribution is -0.919. The molecule has 0 radical (unpaired) electrons. The summed E-state index contributed by atoms with van der Waals surface area (Å²) in [7, 11) is 0. The van der Waals surface area contributed by atoms with Crippen LogP contribution < -0.4 is 35.0 Å². The SMILES string of the molecule is NC(=O)C[N+]1(CCBr)CCNCC1.[I-]. The number of rotatable bonds is 4. The fourth-order valence-corrected chi connectivity index (χ4v) is 2.59. The average Bonchev–Trinajstić information content (AvgIpc) is 2.04. The van der Waals surface area contributed by atoms with Crippen molar-refractivity contribution in [1.82, 2.24) is 5.32 Å². The molecule has 0 aliphatic carbocycles. The minimum atomic E-state index is -0.192. The molecule has 84 valence electrons. The largest absolute Gasteiger partial charge is 1.00 e. The molecule has 4 nitrogen and oxygen atoms in total. The van der Waals surface area contributed by atoms with E-state index in [1.807, 2.05) is 0 Å². The van der Waals surface area contributed by atoms with Crippen LogP contribution in [0.5, 0.6) is 0 Å². The van der Waals surface area contributed by atoms with Gasteiger partial charge in [-0.3, -0.25) is 4.79 Å². The van der Waals surface area contributed by atoms with Gasteiger partial charge in [0.2, 0.25) is 0 Å². The topological polar surface area (TPSA) is 55.1 Å². The number of carbonyl (C=O) groups excluding carboxylic acids is 1. The molecule has 0 bridgehead atoms. The molecule has 1 aliphatic rings. The van der Waals surface area contributed by atoms with Crippen molar-refractivity contribution in [3.8, 4) is 0 Å². The molecule has 1 saturated heterocycles.